The van der Waals surface area contributed by atoms with Crippen molar-refractivity contribution in [3.63, 3.8) is 0 Å². The van der Waals surface area contributed by atoms with Crippen LogP contribution in [0.5, 0.6) is 5.75 Å². The van der Waals surface area contributed by atoms with Gasteiger partial charge in [0.05, 0.1) is 16.1 Å². The predicted octanol–water partition coefficient (Wildman–Crippen LogP) is 1.77. The van der Waals surface area contributed by atoms with Crippen molar-refractivity contribution >= 4 is 22.6 Å². The molecule has 2 N–H and O–H groups in total. The van der Waals surface area contributed by atoms with E-state index in [0.29, 0.717) is 0 Å². The second kappa shape index (κ2) is 4.05. The van der Waals surface area contributed by atoms with Gasteiger partial charge >= 0.3 is 17.5 Å². The van der Waals surface area contributed by atoms with Crippen molar-refractivity contribution in [3.8, 4) is 5.75 Å². The lowest BCUT2D eigenvalue weighted by Gasteiger charge is -2.10. The molecule has 0 bridgehead atoms. The molecule has 0 aliphatic rings. The Morgan fingerprint density at radius 2 is 1.56 bits per heavy atom. The summed E-state index contributed by atoms with van der Waals surface area (Å²) in [6, 6.07) is 1.93. The van der Waals surface area contributed by atoms with Gasteiger partial charge in [-0.3, -0.25) is 9.59 Å². The summed E-state index contributed by atoms with van der Waals surface area (Å²) in [6.45, 7) is 0. The average molecular weight is 281 g/mol. The molecule has 0 spiro atoms. The first-order valence-corrected chi connectivity index (χ1v) is 4.86. The van der Waals surface area contributed by atoms with Gasteiger partial charge in [0.15, 0.2) is 0 Å². The molecule has 1 aromatic heterocycles. The van der Waals surface area contributed by atoms with Crippen LogP contribution >= 0.6 is 11.6 Å². The minimum absolute atomic E-state index is 0.0248. The first kappa shape index (κ1) is 12.5. The molecular formula is C9H4ClF3N2O3. The fourth-order valence-corrected chi connectivity index (χ4v) is 1.52. The van der Waals surface area contributed by atoms with Crippen molar-refractivity contribution in [2.24, 2.45) is 0 Å². The van der Waals surface area contributed by atoms with Crippen molar-refractivity contribution in [1.82, 2.24) is 9.97 Å². The Bertz CT molecular complexity index is 720. The topological polar surface area (TPSA) is 75.0 Å². The second-order valence-corrected chi connectivity index (χ2v) is 3.69. The van der Waals surface area contributed by atoms with Crippen molar-refractivity contribution < 1.29 is 17.9 Å². The summed E-state index contributed by atoms with van der Waals surface area (Å²) in [7, 11) is 0. The number of benzene rings is 1. The fourth-order valence-electron chi connectivity index (χ4n) is 1.32. The minimum Gasteiger partial charge on any atom is -0.404 e. The van der Waals surface area contributed by atoms with E-state index in [-0.39, 0.29) is 16.1 Å². The number of alkyl halides is 3. The number of nitrogens with one attached hydrogen (secondary N) is 2. The van der Waals surface area contributed by atoms with Crippen LogP contribution in [0.2, 0.25) is 5.02 Å². The van der Waals surface area contributed by atoms with Crippen LogP contribution in [0.15, 0.2) is 21.7 Å². The summed E-state index contributed by atoms with van der Waals surface area (Å²) >= 11 is 5.56. The van der Waals surface area contributed by atoms with Gasteiger partial charge in [-0.15, -0.1) is 13.2 Å². The lowest BCUT2D eigenvalue weighted by atomic mass is 10.3. The Labute approximate surface area is 101 Å². The summed E-state index contributed by atoms with van der Waals surface area (Å²) in [4.78, 5) is 26.3. The SMILES string of the molecule is O=c1[nH]c2cc(Cl)c(OC(F)(F)F)cc2[nH]c1=O. The van der Waals surface area contributed by atoms with E-state index in [9.17, 15) is 22.8 Å². The van der Waals surface area contributed by atoms with Gasteiger partial charge in [0.1, 0.15) is 5.75 Å². The Morgan fingerprint density at radius 1 is 1.06 bits per heavy atom. The third-order valence-electron chi connectivity index (χ3n) is 2.00. The van der Waals surface area contributed by atoms with E-state index in [1.165, 1.54) is 0 Å². The first-order valence-electron chi connectivity index (χ1n) is 4.48. The van der Waals surface area contributed by atoms with Crippen LogP contribution in [0.4, 0.5) is 13.2 Å². The normalized spacial score (nSPS) is 11.8. The average Bonchev–Trinajstić information content (AvgIpc) is 2.20. The van der Waals surface area contributed by atoms with Crippen LogP contribution in [-0.2, 0) is 0 Å². The first-order chi connectivity index (χ1) is 8.26. The molecule has 0 amide bonds. The quantitative estimate of drug-likeness (QED) is 0.782. The van der Waals surface area contributed by atoms with Gasteiger partial charge in [-0.2, -0.15) is 0 Å². The van der Waals surface area contributed by atoms with Crippen LogP contribution in [-0.4, -0.2) is 16.3 Å². The summed E-state index contributed by atoms with van der Waals surface area (Å²) in [5.41, 5.74) is -1.84. The molecule has 2 rings (SSSR count). The molecular weight excluding hydrogens is 277 g/mol. The number of aromatic nitrogens is 2. The van der Waals surface area contributed by atoms with Crippen LogP contribution in [0.25, 0.3) is 11.0 Å². The lowest BCUT2D eigenvalue weighted by Crippen LogP contribution is -2.29. The van der Waals surface area contributed by atoms with Crippen LogP contribution < -0.4 is 15.9 Å². The molecule has 9 heteroatoms. The van der Waals surface area contributed by atoms with E-state index in [1.807, 2.05) is 0 Å². The Balaban J connectivity index is 2.65. The molecule has 0 aliphatic heterocycles. The van der Waals surface area contributed by atoms with Gasteiger partial charge in [-0.1, -0.05) is 11.6 Å². The van der Waals surface area contributed by atoms with Gasteiger partial charge < -0.3 is 14.7 Å². The predicted molar refractivity (Wildman–Crippen MR) is 56.9 cm³/mol. The molecule has 0 saturated carbocycles. The molecule has 0 aliphatic carbocycles. The lowest BCUT2D eigenvalue weighted by molar-refractivity contribution is -0.274. The van der Waals surface area contributed by atoms with Crippen molar-refractivity contribution in [1.29, 1.82) is 0 Å². The van der Waals surface area contributed by atoms with Gasteiger partial charge in [0, 0.05) is 6.07 Å². The summed E-state index contributed by atoms with van der Waals surface area (Å²) in [5, 5.41) is -0.345. The molecule has 96 valence electrons. The third kappa shape index (κ3) is 2.48. The monoisotopic (exact) mass is 280 g/mol. The maximum absolute atomic E-state index is 12.1. The Hall–Kier alpha value is -1.96. The maximum atomic E-state index is 12.1. The zero-order valence-corrected chi connectivity index (χ0v) is 9.15. The molecule has 1 aromatic carbocycles. The maximum Gasteiger partial charge on any atom is 0.573 e. The number of halogens is 4. The van der Waals surface area contributed by atoms with E-state index in [2.05, 4.69) is 14.7 Å². The highest BCUT2D eigenvalue weighted by molar-refractivity contribution is 6.32. The highest BCUT2D eigenvalue weighted by Gasteiger charge is 2.32. The molecule has 2 aromatic rings. The zero-order chi connectivity index (χ0) is 13.5. The van der Waals surface area contributed by atoms with Gasteiger partial charge in [-0.05, 0) is 6.07 Å². The highest BCUT2D eigenvalue weighted by Crippen LogP contribution is 2.32. The number of fused-ring (bicyclic) bond motifs is 1. The highest BCUT2D eigenvalue weighted by atomic mass is 35.5. The van der Waals surface area contributed by atoms with Gasteiger partial charge in [0.25, 0.3) is 0 Å². The van der Waals surface area contributed by atoms with Crippen molar-refractivity contribution in [3.05, 3.63) is 37.9 Å². The molecule has 0 saturated heterocycles. The molecule has 0 radical (unpaired) electrons. The Morgan fingerprint density at radius 3 is 2.06 bits per heavy atom. The number of ether oxygens (including phenoxy) is 1. The van der Waals surface area contributed by atoms with Crippen LogP contribution in [0.3, 0.4) is 0 Å². The number of hydrogen-bond acceptors (Lipinski definition) is 3. The van der Waals surface area contributed by atoms with Gasteiger partial charge in [-0.25, -0.2) is 0 Å². The van der Waals surface area contributed by atoms with Crippen LogP contribution in [0.1, 0.15) is 0 Å². The van der Waals surface area contributed by atoms with Crippen molar-refractivity contribution in [2.45, 2.75) is 6.36 Å². The molecule has 18 heavy (non-hydrogen) atoms. The zero-order valence-electron chi connectivity index (χ0n) is 8.39. The third-order valence-corrected chi connectivity index (χ3v) is 2.30. The largest absolute Gasteiger partial charge is 0.573 e. The van der Waals surface area contributed by atoms with Crippen LogP contribution in [0, 0.1) is 0 Å². The van der Waals surface area contributed by atoms with E-state index >= 15 is 0 Å². The van der Waals surface area contributed by atoms with E-state index in [1.54, 1.807) is 0 Å². The second-order valence-electron chi connectivity index (χ2n) is 3.28. The Kier molecular flexibility index (Phi) is 2.81. The summed E-state index contributed by atoms with van der Waals surface area (Å²) < 4.78 is 39.8. The number of aromatic amines is 2. The standard InChI is InChI=1S/C9H4ClF3N2O3/c10-3-1-4-5(15-8(17)7(16)14-4)2-6(3)18-9(11,12)13/h1-2H,(H,14,16)(H,15,17). The summed E-state index contributed by atoms with van der Waals surface area (Å²) in [6.07, 6.45) is -4.90. The fraction of sp³-hybridized carbons (Fsp3) is 0.111. The summed E-state index contributed by atoms with van der Waals surface area (Å²) in [5.74, 6) is -0.667. The van der Waals surface area contributed by atoms with E-state index in [0.717, 1.165) is 12.1 Å². The van der Waals surface area contributed by atoms with E-state index in [4.69, 9.17) is 11.6 Å². The molecule has 5 nitrogen and oxygen atoms in total. The number of H-pyrrole nitrogens is 2. The molecule has 0 fully saturated rings. The van der Waals surface area contributed by atoms with Gasteiger partial charge in [0.2, 0.25) is 0 Å². The molecule has 0 atom stereocenters. The minimum atomic E-state index is -4.90. The van der Waals surface area contributed by atoms with Crippen molar-refractivity contribution in [2.75, 3.05) is 0 Å². The molecule has 0 unspecified atom stereocenters. The number of rotatable bonds is 1. The van der Waals surface area contributed by atoms with E-state index < -0.39 is 23.2 Å². The number of hydrogen-bond donors (Lipinski definition) is 2. The smallest absolute Gasteiger partial charge is 0.404 e. The molecule has 1 heterocycles.